The monoisotopic (exact) mass is 447 g/mol. The molecule has 3 radical (unpaired) electrons. The molecular weight excluding hydrogens is 426 g/mol. The molecular formula is C21H22BClN4NaO3. The Hall–Kier alpha value is -2.26. The maximum absolute atomic E-state index is 10.4. The van der Waals surface area contributed by atoms with Crippen molar-refractivity contribution < 1.29 is 44.6 Å². The second-order valence-corrected chi connectivity index (χ2v) is 6.05. The van der Waals surface area contributed by atoms with Gasteiger partial charge in [-0.2, -0.15) is 0 Å². The van der Waals surface area contributed by atoms with E-state index < -0.39 is 0 Å². The van der Waals surface area contributed by atoms with Crippen LogP contribution in [0.5, 0.6) is 0 Å². The van der Waals surface area contributed by atoms with Crippen molar-refractivity contribution in [3.8, 4) is 22.5 Å². The van der Waals surface area contributed by atoms with Gasteiger partial charge in [-0.05, 0) is 42.8 Å². The van der Waals surface area contributed by atoms with Gasteiger partial charge in [-0.1, -0.05) is 14.4 Å². The third kappa shape index (κ3) is 8.07. The largest absolute Gasteiger partial charge is 1.00 e. The van der Waals surface area contributed by atoms with Crippen molar-refractivity contribution in [3.63, 3.8) is 0 Å². The summed E-state index contributed by atoms with van der Waals surface area (Å²) >= 11 is 5.68. The summed E-state index contributed by atoms with van der Waals surface area (Å²) in [5, 5.41) is 0.252. The number of halogens is 1. The fraction of sp³-hybridized carbons (Fsp3) is 0.190. The standard InChI is InChI=1S/C10H9ClN2O.C10H8N2O2.CH4.B.Na.H/c1-2-8-5-7(6-14-8)9-3-4-12-10(11)13-9;1-7-11-3-2-10(12-7)8-4-9(5-13)14-6-8;;;;/h3-6H,2H2,1H3;2-6H,1H3;1H4;;;/q;;;;+1;-1. The molecule has 4 aromatic rings. The van der Waals surface area contributed by atoms with Gasteiger partial charge in [0.2, 0.25) is 5.28 Å². The first-order chi connectivity index (χ1) is 13.6. The zero-order valence-electron chi connectivity index (χ0n) is 17.9. The Morgan fingerprint density at radius 3 is 2.19 bits per heavy atom. The van der Waals surface area contributed by atoms with Crippen molar-refractivity contribution in [2.24, 2.45) is 0 Å². The number of hydrogen-bond donors (Lipinski definition) is 0. The predicted molar refractivity (Wildman–Crippen MR) is 118 cm³/mol. The SMILES string of the molecule is C.CCc1cc(-c2ccnc(Cl)n2)co1.Cc1nccc(-c2coc(C=O)c2)n1.[B].[H-].[Na+]. The van der Waals surface area contributed by atoms with Crippen molar-refractivity contribution in [1.29, 1.82) is 0 Å². The molecule has 0 amide bonds. The minimum absolute atomic E-state index is 0. The molecule has 0 aliphatic heterocycles. The van der Waals surface area contributed by atoms with Crippen molar-refractivity contribution in [2.45, 2.75) is 27.7 Å². The Bertz CT molecular complexity index is 1090. The van der Waals surface area contributed by atoms with Gasteiger partial charge in [-0.3, -0.25) is 4.79 Å². The second-order valence-electron chi connectivity index (χ2n) is 5.71. The van der Waals surface area contributed by atoms with Gasteiger partial charge in [-0.25, -0.2) is 19.9 Å². The molecule has 4 rings (SSSR count). The molecule has 0 aliphatic rings. The first kappa shape index (κ1) is 28.7. The van der Waals surface area contributed by atoms with E-state index in [0.29, 0.717) is 17.9 Å². The van der Waals surface area contributed by atoms with Crippen LogP contribution in [0, 0.1) is 6.92 Å². The summed E-state index contributed by atoms with van der Waals surface area (Å²) in [6.07, 6.45) is 8.02. The molecule has 0 N–H and O–H groups in total. The van der Waals surface area contributed by atoms with E-state index in [1.807, 2.05) is 19.9 Å². The second kappa shape index (κ2) is 13.9. The molecule has 0 aliphatic carbocycles. The number of rotatable bonds is 4. The summed E-state index contributed by atoms with van der Waals surface area (Å²) in [4.78, 5) is 26.5. The zero-order valence-corrected chi connectivity index (χ0v) is 19.6. The average molecular weight is 448 g/mol. The summed E-state index contributed by atoms with van der Waals surface area (Å²) in [6.45, 7) is 3.85. The van der Waals surface area contributed by atoms with Gasteiger partial charge in [-0.15, -0.1) is 0 Å². The topological polar surface area (TPSA) is 94.9 Å². The number of aryl methyl sites for hydroxylation is 2. The van der Waals surface area contributed by atoms with E-state index in [-0.39, 0.29) is 52.1 Å². The van der Waals surface area contributed by atoms with E-state index in [2.05, 4.69) is 19.9 Å². The van der Waals surface area contributed by atoms with E-state index in [0.717, 1.165) is 34.7 Å². The molecule has 4 heterocycles. The van der Waals surface area contributed by atoms with E-state index in [9.17, 15) is 4.79 Å². The summed E-state index contributed by atoms with van der Waals surface area (Å²) in [7, 11) is 0. The molecule has 31 heavy (non-hydrogen) atoms. The van der Waals surface area contributed by atoms with Gasteiger partial charge >= 0.3 is 29.6 Å². The summed E-state index contributed by atoms with van der Waals surface area (Å²) in [5.41, 5.74) is 3.27. The van der Waals surface area contributed by atoms with Crippen LogP contribution in [0.2, 0.25) is 5.28 Å². The Morgan fingerprint density at radius 2 is 1.65 bits per heavy atom. The molecule has 0 fully saturated rings. The number of furan rings is 2. The van der Waals surface area contributed by atoms with Crippen molar-refractivity contribution in [1.82, 2.24) is 19.9 Å². The molecule has 7 nitrogen and oxygen atoms in total. The number of hydrogen-bond acceptors (Lipinski definition) is 7. The van der Waals surface area contributed by atoms with Crippen LogP contribution in [0.3, 0.4) is 0 Å². The van der Waals surface area contributed by atoms with Crippen LogP contribution in [-0.2, 0) is 6.42 Å². The van der Waals surface area contributed by atoms with Crippen LogP contribution in [0.4, 0.5) is 0 Å². The third-order valence-corrected chi connectivity index (χ3v) is 3.91. The summed E-state index contributed by atoms with van der Waals surface area (Å²) < 4.78 is 10.3. The third-order valence-electron chi connectivity index (χ3n) is 3.73. The van der Waals surface area contributed by atoms with Gasteiger partial charge in [0.15, 0.2) is 12.0 Å². The van der Waals surface area contributed by atoms with Crippen LogP contribution >= 0.6 is 11.6 Å². The zero-order chi connectivity index (χ0) is 19.9. The molecule has 0 atom stereocenters. The van der Waals surface area contributed by atoms with Crippen LogP contribution < -0.4 is 29.6 Å². The predicted octanol–water partition coefficient (Wildman–Crippen LogP) is 2.18. The first-order valence-corrected chi connectivity index (χ1v) is 8.87. The van der Waals surface area contributed by atoms with Crippen LogP contribution in [0.25, 0.3) is 22.5 Å². The molecule has 0 aromatic carbocycles. The van der Waals surface area contributed by atoms with Gasteiger partial charge in [0.1, 0.15) is 24.1 Å². The molecule has 0 saturated heterocycles. The number of nitrogens with zero attached hydrogens (tertiary/aromatic N) is 4. The maximum Gasteiger partial charge on any atom is 1.00 e. The molecule has 155 valence electrons. The molecule has 0 bridgehead atoms. The average Bonchev–Trinajstić information content (AvgIpc) is 3.38. The Morgan fingerprint density at radius 1 is 1.03 bits per heavy atom. The summed E-state index contributed by atoms with van der Waals surface area (Å²) in [6, 6.07) is 7.18. The smallest absolute Gasteiger partial charge is 1.00 e. The van der Waals surface area contributed by atoms with Crippen LogP contribution in [0.1, 0.15) is 37.9 Å². The Labute approximate surface area is 212 Å². The number of aldehydes is 1. The van der Waals surface area contributed by atoms with Crippen molar-refractivity contribution in [2.75, 3.05) is 0 Å². The van der Waals surface area contributed by atoms with E-state index in [1.165, 1.54) is 6.26 Å². The Balaban J connectivity index is 0. The normalized spacial score (nSPS) is 9.26. The molecule has 4 aromatic heterocycles. The van der Waals surface area contributed by atoms with Crippen molar-refractivity contribution in [3.05, 3.63) is 71.8 Å². The fourth-order valence-electron chi connectivity index (χ4n) is 2.36. The fourth-order valence-corrected chi connectivity index (χ4v) is 2.51. The van der Waals surface area contributed by atoms with Gasteiger partial charge in [0.05, 0.1) is 11.4 Å². The molecule has 10 heteroatoms. The van der Waals surface area contributed by atoms with E-state index in [1.54, 1.807) is 36.9 Å². The number of aromatic nitrogens is 4. The molecule has 0 spiro atoms. The molecule has 0 unspecified atom stereocenters. The number of carbonyl (C=O) groups is 1. The Kier molecular flexibility index (Phi) is 12.9. The quantitative estimate of drug-likeness (QED) is 0.269. The van der Waals surface area contributed by atoms with Crippen LogP contribution in [-0.4, -0.2) is 34.6 Å². The van der Waals surface area contributed by atoms with Crippen molar-refractivity contribution >= 4 is 26.3 Å². The van der Waals surface area contributed by atoms with Gasteiger partial charge in [0, 0.05) is 38.4 Å². The minimum atomic E-state index is 0. The van der Waals surface area contributed by atoms with Gasteiger partial charge < -0.3 is 10.3 Å². The van der Waals surface area contributed by atoms with E-state index >= 15 is 0 Å². The number of carbonyl (C=O) groups excluding carboxylic acids is 1. The molecule has 0 saturated carbocycles. The maximum atomic E-state index is 10.4. The van der Waals surface area contributed by atoms with Gasteiger partial charge in [0.25, 0.3) is 0 Å². The van der Waals surface area contributed by atoms with Crippen LogP contribution in [0.15, 0.2) is 58.0 Å². The minimum Gasteiger partial charge on any atom is -1.00 e. The van der Waals surface area contributed by atoms with E-state index in [4.69, 9.17) is 20.4 Å². The summed E-state index contributed by atoms with van der Waals surface area (Å²) in [5.74, 6) is 1.93. The first-order valence-electron chi connectivity index (χ1n) is 8.49.